The Morgan fingerprint density at radius 3 is 2.47 bits per heavy atom. The van der Waals surface area contributed by atoms with Crippen molar-refractivity contribution >= 4 is 17.3 Å². The summed E-state index contributed by atoms with van der Waals surface area (Å²) >= 11 is 5.71. The fourth-order valence-electron chi connectivity index (χ4n) is 1.58. The van der Waals surface area contributed by atoms with E-state index in [1.807, 2.05) is 6.07 Å². The molecule has 1 aliphatic carbocycles. The van der Waals surface area contributed by atoms with Gasteiger partial charge in [-0.2, -0.15) is 18.4 Å². The summed E-state index contributed by atoms with van der Waals surface area (Å²) in [6, 6.07) is 6.05. The zero-order valence-corrected chi connectivity index (χ0v) is 9.36. The summed E-state index contributed by atoms with van der Waals surface area (Å²) in [5.74, 6) is 0. The van der Waals surface area contributed by atoms with Gasteiger partial charge >= 0.3 is 6.18 Å². The maximum absolute atomic E-state index is 12.7. The van der Waals surface area contributed by atoms with Crippen LogP contribution in [0.3, 0.4) is 0 Å². The van der Waals surface area contributed by atoms with Gasteiger partial charge in [0.2, 0.25) is 0 Å². The van der Waals surface area contributed by atoms with E-state index >= 15 is 0 Å². The Kier molecular flexibility index (Phi) is 2.70. The molecule has 0 amide bonds. The zero-order chi connectivity index (χ0) is 12.7. The molecule has 1 aliphatic rings. The highest BCUT2D eigenvalue weighted by Gasteiger charge is 2.63. The van der Waals surface area contributed by atoms with Crippen molar-refractivity contribution in [1.29, 1.82) is 5.26 Å². The van der Waals surface area contributed by atoms with Crippen molar-refractivity contribution in [3.05, 3.63) is 28.8 Å². The predicted octanol–water partition coefficient (Wildman–Crippen LogP) is 3.72. The third kappa shape index (κ3) is 2.18. The molecule has 0 saturated heterocycles. The summed E-state index contributed by atoms with van der Waals surface area (Å²) < 4.78 is 38.2. The second kappa shape index (κ2) is 3.81. The van der Waals surface area contributed by atoms with Crippen LogP contribution in [-0.2, 0) is 0 Å². The Morgan fingerprint density at radius 2 is 2.00 bits per heavy atom. The minimum absolute atomic E-state index is 0.0217. The molecule has 0 atom stereocenters. The van der Waals surface area contributed by atoms with Crippen LogP contribution in [0.1, 0.15) is 18.4 Å². The van der Waals surface area contributed by atoms with E-state index in [9.17, 15) is 13.2 Å². The van der Waals surface area contributed by atoms with E-state index in [0.717, 1.165) is 0 Å². The van der Waals surface area contributed by atoms with Crippen LogP contribution in [0.15, 0.2) is 18.2 Å². The molecule has 0 aliphatic heterocycles. The average molecular weight is 261 g/mol. The van der Waals surface area contributed by atoms with E-state index < -0.39 is 11.7 Å². The smallest absolute Gasteiger partial charge is 0.370 e. The van der Waals surface area contributed by atoms with E-state index in [1.165, 1.54) is 18.2 Å². The molecule has 1 fully saturated rings. The number of rotatable bonds is 2. The van der Waals surface area contributed by atoms with Gasteiger partial charge < -0.3 is 5.32 Å². The van der Waals surface area contributed by atoms with Gasteiger partial charge in [0.15, 0.2) is 0 Å². The number of hydrogen-bond acceptors (Lipinski definition) is 2. The molecule has 1 N–H and O–H groups in total. The number of alkyl halides is 3. The molecule has 0 spiro atoms. The molecule has 0 aromatic heterocycles. The number of anilines is 1. The fourth-order valence-corrected chi connectivity index (χ4v) is 1.75. The average Bonchev–Trinajstić information content (AvgIpc) is 2.98. The van der Waals surface area contributed by atoms with Gasteiger partial charge in [-0.25, -0.2) is 0 Å². The summed E-state index contributed by atoms with van der Waals surface area (Å²) in [6.45, 7) is 0. The number of nitriles is 1. The van der Waals surface area contributed by atoms with Crippen LogP contribution in [0, 0.1) is 11.3 Å². The lowest BCUT2D eigenvalue weighted by Gasteiger charge is -2.22. The molecule has 2 rings (SSSR count). The quantitative estimate of drug-likeness (QED) is 0.880. The van der Waals surface area contributed by atoms with Crippen molar-refractivity contribution in [3.63, 3.8) is 0 Å². The largest absolute Gasteiger partial charge is 0.411 e. The molecule has 2 nitrogen and oxygen atoms in total. The Hall–Kier alpha value is -1.41. The lowest BCUT2D eigenvalue weighted by atomic mass is 10.1. The van der Waals surface area contributed by atoms with Crippen molar-refractivity contribution in [2.45, 2.75) is 24.6 Å². The minimum Gasteiger partial charge on any atom is -0.370 e. The van der Waals surface area contributed by atoms with Crippen molar-refractivity contribution in [1.82, 2.24) is 0 Å². The van der Waals surface area contributed by atoms with E-state index in [1.54, 1.807) is 0 Å². The molecular weight excluding hydrogens is 253 g/mol. The van der Waals surface area contributed by atoms with Gasteiger partial charge in [-0.05, 0) is 31.0 Å². The standard InChI is InChI=1S/C11H8ClF3N2/c12-8-2-1-7(6-16)9(5-8)17-10(3-4-10)11(13,14)15/h1-2,5,17H,3-4H2. The maximum Gasteiger partial charge on any atom is 0.411 e. The second-order valence-electron chi connectivity index (χ2n) is 4.01. The molecular formula is C11H8ClF3N2. The number of halogens is 4. The van der Waals surface area contributed by atoms with Crippen LogP contribution in [0.4, 0.5) is 18.9 Å². The van der Waals surface area contributed by atoms with Gasteiger partial charge in [0.1, 0.15) is 11.6 Å². The number of nitrogens with one attached hydrogen (secondary N) is 1. The van der Waals surface area contributed by atoms with Gasteiger partial charge in [-0.3, -0.25) is 0 Å². The summed E-state index contributed by atoms with van der Waals surface area (Å²) in [5.41, 5.74) is -1.59. The molecule has 17 heavy (non-hydrogen) atoms. The fraction of sp³-hybridized carbons (Fsp3) is 0.364. The van der Waals surface area contributed by atoms with Crippen molar-refractivity contribution in [2.75, 3.05) is 5.32 Å². The zero-order valence-electron chi connectivity index (χ0n) is 8.61. The summed E-state index contributed by atoms with van der Waals surface area (Å²) in [5, 5.41) is 11.5. The minimum atomic E-state index is -4.32. The van der Waals surface area contributed by atoms with E-state index in [2.05, 4.69) is 5.32 Å². The van der Waals surface area contributed by atoms with E-state index in [4.69, 9.17) is 16.9 Å². The van der Waals surface area contributed by atoms with Gasteiger partial charge in [-0.1, -0.05) is 11.6 Å². The second-order valence-corrected chi connectivity index (χ2v) is 4.44. The first kappa shape index (κ1) is 12.1. The third-order valence-corrected chi connectivity index (χ3v) is 3.00. The first-order valence-corrected chi connectivity index (χ1v) is 5.30. The number of hydrogen-bond donors (Lipinski definition) is 1. The molecule has 0 heterocycles. The van der Waals surface area contributed by atoms with Gasteiger partial charge in [0.25, 0.3) is 0 Å². The lowest BCUT2D eigenvalue weighted by Crippen LogP contribution is -2.38. The van der Waals surface area contributed by atoms with Gasteiger partial charge in [0.05, 0.1) is 11.3 Å². The third-order valence-electron chi connectivity index (χ3n) is 2.77. The maximum atomic E-state index is 12.7. The Balaban J connectivity index is 2.31. The Morgan fingerprint density at radius 1 is 1.35 bits per heavy atom. The highest BCUT2D eigenvalue weighted by Crippen LogP contribution is 2.51. The molecule has 0 unspecified atom stereocenters. The SMILES string of the molecule is N#Cc1ccc(Cl)cc1NC1(C(F)(F)F)CC1. The first-order chi connectivity index (χ1) is 7.88. The number of benzene rings is 1. The van der Waals surface area contributed by atoms with E-state index in [-0.39, 0.29) is 24.1 Å². The normalized spacial score (nSPS) is 17.4. The monoisotopic (exact) mass is 260 g/mol. The lowest BCUT2D eigenvalue weighted by molar-refractivity contribution is -0.151. The predicted molar refractivity (Wildman–Crippen MR) is 57.8 cm³/mol. The molecule has 90 valence electrons. The highest BCUT2D eigenvalue weighted by molar-refractivity contribution is 6.30. The molecule has 1 saturated carbocycles. The first-order valence-electron chi connectivity index (χ1n) is 4.92. The molecule has 1 aromatic carbocycles. The van der Waals surface area contributed by atoms with E-state index in [0.29, 0.717) is 5.02 Å². The highest BCUT2D eigenvalue weighted by atomic mass is 35.5. The van der Waals surface area contributed by atoms with Crippen molar-refractivity contribution < 1.29 is 13.2 Å². The van der Waals surface area contributed by atoms with Gasteiger partial charge in [-0.15, -0.1) is 0 Å². The molecule has 1 aromatic rings. The van der Waals surface area contributed by atoms with Crippen molar-refractivity contribution in [3.8, 4) is 6.07 Å². The van der Waals surface area contributed by atoms with Crippen LogP contribution in [0.25, 0.3) is 0 Å². The topological polar surface area (TPSA) is 35.8 Å². The summed E-state index contributed by atoms with van der Waals surface area (Å²) in [4.78, 5) is 0. The van der Waals surface area contributed by atoms with Crippen LogP contribution < -0.4 is 5.32 Å². The molecule has 0 radical (unpaired) electrons. The van der Waals surface area contributed by atoms with Crippen LogP contribution in [0.2, 0.25) is 5.02 Å². The van der Waals surface area contributed by atoms with Crippen LogP contribution >= 0.6 is 11.6 Å². The molecule has 6 heteroatoms. The Bertz CT molecular complexity index is 486. The van der Waals surface area contributed by atoms with Crippen molar-refractivity contribution in [2.24, 2.45) is 0 Å². The van der Waals surface area contributed by atoms with Crippen LogP contribution in [-0.4, -0.2) is 11.7 Å². The summed E-state index contributed by atoms with van der Waals surface area (Å²) in [7, 11) is 0. The summed E-state index contributed by atoms with van der Waals surface area (Å²) in [6.07, 6.45) is -4.27. The van der Waals surface area contributed by atoms with Gasteiger partial charge in [0, 0.05) is 5.02 Å². The molecule has 0 bridgehead atoms. The Labute approximate surface area is 101 Å². The van der Waals surface area contributed by atoms with Crippen LogP contribution in [0.5, 0.6) is 0 Å². The number of nitrogens with zero attached hydrogens (tertiary/aromatic N) is 1.